The van der Waals surface area contributed by atoms with E-state index in [0.29, 0.717) is 24.5 Å². The quantitative estimate of drug-likeness (QED) is 0.111. The van der Waals surface area contributed by atoms with Gasteiger partial charge in [0.1, 0.15) is 57.5 Å². The standard InChI is InChI=1S/C34H19F11O2/c1-2-3-12-46-22-9-8-21(26(35)16-22)7-4-20-14-27(36)24(28(37)15-20)10-5-19-6-11-25(29(38)13-19)34(44,45)47-23-17-30(39)32(31(40)18-23)33(41,42)43/h6,8-9,11,13-18H,2-3,12H2,1H3. The fraction of sp³-hybridized carbons (Fsp3) is 0.176. The van der Waals surface area contributed by atoms with Crippen LogP contribution in [0.4, 0.5) is 48.3 Å². The molecule has 0 spiro atoms. The molecule has 0 fully saturated rings. The molecule has 0 aliphatic rings. The number of benzene rings is 4. The Morgan fingerprint density at radius 3 is 1.77 bits per heavy atom. The predicted octanol–water partition coefficient (Wildman–Crippen LogP) is 9.65. The van der Waals surface area contributed by atoms with Crippen LogP contribution in [0, 0.1) is 58.6 Å². The summed E-state index contributed by atoms with van der Waals surface area (Å²) in [5.41, 5.74) is -5.16. The fourth-order valence-corrected chi connectivity index (χ4v) is 3.97. The van der Waals surface area contributed by atoms with E-state index in [9.17, 15) is 48.3 Å². The van der Waals surface area contributed by atoms with Gasteiger partial charge in [-0.25, -0.2) is 26.3 Å². The van der Waals surface area contributed by atoms with E-state index in [2.05, 4.69) is 28.4 Å². The lowest BCUT2D eigenvalue weighted by Gasteiger charge is -2.20. The Labute approximate surface area is 260 Å². The zero-order valence-corrected chi connectivity index (χ0v) is 23.9. The summed E-state index contributed by atoms with van der Waals surface area (Å²) in [4.78, 5) is 0. The van der Waals surface area contributed by atoms with Gasteiger partial charge in [-0.2, -0.15) is 22.0 Å². The topological polar surface area (TPSA) is 18.5 Å². The van der Waals surface area contributed by atoms with Crippen molar-refractivity contribution in [2.45, 2.75) is 32.1 Å². The van der Waals surface area contributed by atoms with Crippen molar-refractivity contribution < 1.29 is 57.8 Å². The number of rotatable bonds is 7. The number of alkyl halides is 5. The SMILES string of the molecule is CCCCOc1ccc(C#Cc2cc(F)c(C#Cc3ccc(C(F)(F)Oc4cc(F)c(C(F)(F)F)c(F)c4)c(F)c3)c(F)c2)c(F)c1. The Kier molecular flexibility index (Phi) is 10.4. The molecule has 0 N–H and O–H groups in total. The first-order chi connectivity index (χ1) is 22.1. The van der Waals surface area contributed by atoms with Gasteiger partial charge >= 0.3 is 12.3 Å². The molecule has 0 amide bonds. The van der Waals surface area contributed by atoms with Crippen LogP contribution in [0.25, 0.3) is 0 Å². The molecule has 47 heavy (non-hydrogen) atoms. The van der Waals surface area contributed by atoms with Crippen molar-refractivity contribution in [2.24, 2.45) is 0 Å². The lowest BCUT2D eigenvalue weighted by molar-refractivity contribution is -0.187. The number of hydrogen-bond acceptors (Lipinski definition) is 2. The molecule has 0 aliphatic heterocycles. The highest BCUT2D eigenvalue weighted by Crippen LogP contribution is 2.38. The van der Waals surface area contributed by atoms with Gasteiger partial charge in [-0.1, -0.05) is 37.0 Å². The smallest absolute Gasteiger partial charge is 0.429 e. The highest BCUT2D eigenvalue weighted by atomic mass is 19.4. The van der Waals surface area contributed by atoms with Gasteiger partial charge in [-0.15, -0.1) is 0 Å². The summed E-state index contributed by atoms with van der Waals surface area (Å²) >= 11 is 0. The highest BCUT2D eigenvalue weighted by molar-refractivity contribution is 5.50. The summed E-state index contributed by atoms with van der Waals surface area (Å²) in [5, 5.41) is 0. The largest absolute Gasteiger partial charge is 0.493 e. The number of ether oxygens (including phenoxy) is 2. The lowest BCUT2D eigenvalue weighted by Crippen LogP contribution is -2.24. The second-order valence-corrected chi connectivity index (χ2v) is 9.73. The van der Waals surface area contributed by atoms with E-state index in [-0.39, 0.29) is 28.8 Å². The normalized spacial score (nSPS) is 11.3. The van der Waals surface area contributed by atoms with Gasteiger partial charge in [-0.05, 0) is 48.9 Å². The summed E-state index contributed by atoms with van der Waals surface area (Å²) in [6, 6.07) is 7.01. The maximum atomic E-state index is 14.7. The monoisotopic (exact) mass is 668 g/mol. The average molecular weight is 669 g/mol. The first kappa shape index (κ1) is 34.7. The molecule has 13 heteroatoms. The van der Waals surface area contributed by atoms with Crippen LogP contribution in [0.15, 0.2) is 60.7 Å². The molecule has 0 bridgehead atoms. The molecule has 4 rings (SSSR count). The maximum Gasteiger partial charge on any atom is 0.429 e. The molecule has 4 aromatic carbocycles. The van der Waals surface area contributed by atoms with Gasteiger partial charge < -0.3 is 9.47 Å². The zero-order valence-electron chi connectivity index (χ0n) is 23.9. The van der Waals surface area contributed by atoms with Crippen molar-refractivity contribution in [3.05, 3.63) is 129 Å². The minimum atomic E-state index is -5.46. The van der Waals surface area contributed by atoms with Gasteiger partial charge in [0.15, 0.2) is 0 Å². The van der Waals surface area contributed by atoms with E-state index in [1.54, 1.807) is 0 Å². The molecular weight excluding hydrogens is 649 g/mol. The van der Waals surface area contributed by atoms with E-state index < -0.39 is 69.6 Å². The Morgan fingerprint density at radius 1 is 0.596 bits per heavy atom. The number of hydrogen-bond donors (Lipinski definition) is 0. The second-order valence-electron chi connectivity index (χ2n) is 9.73. The first-order valence-corrected chi connectivity index (χ1v) is 13.5. The van der Waals surface area contributed by atoms with Crippen LogP contribution in [0.1, 0.15) is 53.1 Å². The Balaban J connectivity index is 1.51. The number of halogens is 11. The number of unbranched alkanes of at least 4 members (excludes halogenated alkanes) is 1. The molecule has 2 nitrogen and oxygen atoms in total. The van der Waals surface area contributed by atoms with Crippen molar-refractivity contribution in [1.29, 1.82) is 0 Å². The molecule has 0 radical (unpaired) electrons. The van der Waals surface area contributed by atoms with E-state index in [0.717, 1.165) is 37.1 Å². The van der Waals surface area contributed by atoms with Gasteiger partial charge in [-0.3, -0.25) is 0 Å². The minimum Gasteiger partial charge on any atom is -0.493 e. The molecule has 244 valence electrons. The summed E-state index contributed by atoms with van der Waals surface area (Å²) < 4.78 is 163. The van der Waals surface area contributed by atoms with Gasteiger partial charge in [0.2, 0.25) is 0 Å². The van der Waals surface area contributed by atoms with Crippen LogP contribution in [-0.2, 0) is 12.3 Å². The van der Waals surface area contributed by atoms with Crippen molar-refractivity contribution in [3.63, 3.8) is 0 Å². The van der Waals surface area contributed by atoms with E-state index in [1.165, 1.54) is 12.1 Å². The van der Waals surface area contributed by atoms with Crippen molar-refractivity contribution in [3.8, 4) is 35.2 Å². The lowest BCUT2D eigenvalue weighted by atomic mass is 10.1. The van der Waals surface area contributed by atoms with Crippen LogP contribution < -0.4 is 9.47 Å². The summed E-state index contributed by atoms with van der Waals surface area (Å²) in [5.74, 6) is -1.09. The van der Waals surface area contributed by atoms with Crippen LogP contribution in [0.2, 0.25) is 0 Å². The molecular formula is C34H19F11O2. The van der Waals surface area contributed by atoms with Crippen LogP contribution in [-0.4, -0.2) is 6.61 Å². The van der Waals surface area contributed by atoms with Crippen LogP contribution in [0.5, 0.6) is 11.5 Å². The zero-order chi connectivity index (χ0) is 34.5. The Hall–Kier alpha value is -5.17. The third-order valence-electron chi connectivity index (χ3n) is 6.25. The second kappa shape index (κ2) is 14.1. The summed E-state index contributed by atoms with van der Waals surface area (Å²) in [7, 11) is 0. The molecule has 0 atom stereocenters. The molecule has 0 heterocycles. The minimum absolute atomic E-state index is 0.0577. The van der Waals surface area contributed by atoms with E-state index in [1.807, 2.05) is 6.92 Å². The van der Waals surface area contributed by atoms with Crippen molar-refractivity contribution in [1.82, 2.24) is 0 Å². The molecule has 0 saturated carbocycles. The summed E-state index contributed by atoms with van der Waals surface area (Å²) in [6.45, 7) is 2.37. The van der Waals surface area contributed by atoms with E-state index >= 15 is 0 Å². The Bertz CT molecular complexity index is 1880. The van der Waals surface area contributed by atoms with Crippen molar-refractivity contribution >= 4 is 0 Å². The molecule has 4 aromatic rings. The van der Waals surface area contributed by atoms with Gasteiger partial charge in [0.25, 0.3) is 0 Å². The molecule has 0 aromatic heterocycles. The summed E-state index contributed by atoms with van der Waals surface area (Å²) in [6.07, 6.45) is -8.42. The average Bonchev–Trinajstić information content (AvgIpc) is 2.95. The third kappa shape index (κ3) is 8.55. The molecule has 0 saturated heterocycles. The highest BCUT2D eigenvalue weighted by Gasteiger charge is 2.41. The van der Waals surface area contributed by atoms with Gasteiger partial charge in [0, 0.05) is 29.3 Å². The van der Waals surface area contributed by atoms with Crippen molar-refractivity contribution in [2.75, 3.05) is 6.61 Å². The van der Waals surface area contributed by atoms with Crippen LogP contribution in [0.3, 0.4) is 0 Å². The predicted molar refractivity (Wildman–Crippen MR) is 147 cm³/mol. The van der Waals surface area contributed by atoms with E-state index in [4.69, 9.17) is 4.74 Å². The third-order valence-corrected chi connectivity index (χ3v) is 6.25. The molecule has 0 unspecified atom stereocenters. The van der Waals surface area contributed by atoms with Crippen LogP contribution >= 0.6 is 0 Å². The Morgan fingerprint density at radius 2 is 1.19 bits per heavy atom. The fourth-order valence-electron chi connectivity index (χ4n) is 3.97. The first-order valence-electron chi connectivity index (χ1n) is 13.5. The maximum absolute atomic E-state index is 14.7. The molecule has 0 aliphatic carbocycles. The van der Waals surface area contributed by atoms with Gasteiger partial charge in [0.05, 0.1) is 17.7 Å².